The van der Waals surface area contributed by atoms with Crippen molar-refractivity contribution >= 4 is 46.2 Å². The summed E-state index contributed by atoms with van der Waals surface area (Å²) in [4.78, 5) is 30.6. The maximum Gasteiger partial charge on any atom is 0.338 e. The number of benzene rings is 1. The summed E-state index contributed by atoms with van der Waals surface area (Å²) >= 11 is 4.58. The Hall–Kier alpha value is -1.96. The molecule has 1 aromatic carbocycles. The molecule has 7 heteroatoms. The maximum atomic E-state index is 12.4. The van der Waals surface area contributed by atoms with Crippen LogP contribution in [0.3, 0.4) is 0 Å². The Morgan fingerprint density at radius 1 is 1.15 bits per heavy atom. The monoisotopic (exact) mass is 403 g/mol. The second-order valence-corrected chi connectivity index (χ2v) is 8.98. The molecule has 134 valence electrons. The fourth-order valence-corrected chi connectivity index (χ4v) is 4.89. The molecule has 0 aliphatic heterocycles. The van der Waals surface area contributed by atoms with Gasteiger partial charge in [0.15, 0.2) is 6.61 Å². The van der Waals surface area contributed by atoms with Gasteiger partial charge in [-0.25, -0.2) is 9.78 Å². The molecular weight excluding hydrogens is 386 g/mol. The van der Waals surface area contributed by atoms with Gasteiger partial charge >= 0.3 is 5.97 Å². The number of ether oxygens (including phenoxy) is 1. The fraction of sp³-hybridized carbons (Fsp3) is 0.211. The first-order valence-corrected chi connectivity index (χ1v) is 10.6. The summed E-state index contributed by atoms with van der Waals surface area (Å²) < 4.78 is 6.21. The van der Waals surface area contributed by atoms with Crippen LogP contribution in [-0.2, 0) is 10.5 Å². The van der Waals surface area contributed by atoms with E-state index < -0.39 is 5.97 Å². The van der Waals surface area contributed by atoms with Gasteiger partial charge in [-0.15, -0.1) is 22.7 Å². The molecule has 0 unspecified atom stereocenters. The summed E-state index contributed by atoms with van der Waals surface area (Å²) in [7, 11) is 0. The van der Waals surface area contributed by atoms with Crippen LogP contribution in [0, 0.1) is 13.8 Å². The summed E-state index contributed by atoms with van der Waals surface area (Å²) in [5, 5.41) is 2.00. The molecule has 0 bridgehead atoms. The average molecular weight is 404 g/mol. The molecule has 2 heterocycles. The molecule has 3 aromatic rings. The molecular formula is C19H17NO3S3. The number of hydrogen-bond donors (Lipinski definition) is 0. The van der Waals surface area contributed by atoms with E-state index in [-0.39, 0.29) is 12.4 Å². The third-order valence-corrected chi connectivity index (χ3v) is 6.77. The van der Waals surface area contributed by atoms with Gasteiger partial charge in [-0.05, 0) is 37.6 Å². The van der Waals surface area contributed by atoms with Gasteiger partial charge in [0.2, 0.25) is 5.78 Å². The minimum Gasteiger partial charge on any atom is -0.454 e. The van der Waals surface area contributed by atoms with Crippen molar-refractivity contribution in [1.82, 2.24) is 4.98 Å². The predicted molar refractivity (Wildman–Crippen MR) is 107 cm³/mol. The van der Waals surface area contributed by atoms with E-state index in [0.717, 1.165) is 20.5 Å². The number of ketones is 1. The Kier molecular flexibility index (Phi) is 6.24. The van der Waals surface area contributed by atoms with Crippen LogP contribution in [0.2, 0.25) is 0 Å². The van der Waals surface area contributed by atoms with E-state index in [2.05, 4.69) is 4.98 Å². The van der Waals surface area contributed by atoms with Crippen LogP contribution >= 0.6 is 34.4 Å². The quantitative estimate of drug-likeness (QED) is 0.310. The van der Waals surface area contributed by atoms with E-state index in [1.165, 1.54) is 11.3 Å². The second kappa shape index (κ2) is 8.62. The van der Waals surface area contributed by atoms with Gasteiger partial charge in [-0.2, -0.15) is 0 Å². The van der Waals surface area contributed by atoms with Crippen LogP contribution in [-0.4, -0.2) is 23.3 Å². The number of thiazole rings is 1. The number of thiophene rings is 1. The van der Waals surface area contributed by atoms with Gasteiger partial charge < -0.3 is 4.74 Å². The number of aromatic nitrogens is 1. The van der Waals surface area contributed by atoms with Crippen molar-refractivity contribution in [3.8, 4) is 0 Å². The van der Waals surface area contributed by atoms with Crippen molar-refractivity contribution in [1.29, 1.82) is 0 Å². The van der Waals surface area contributed by atoms with E-state index in [1.807, 2.05) is 37.4 Å². The minimum atomic E-state index is -0.474. The number of thioether (sulfide) groups is 1. The lowest BCUT2D eigenvalue weighted by Crippen LogP contribution is -2.14. The number of hydrogen-bond acceptors (Lipinski definition) is 7. The van der Waals surface area contributed by atoms with Crippen LogP contribution in [0.25, 0.3) is 0 Å². The van der Waals surface area contributed by atoms with Crippen molar-refractivity contribution in [2.75, 3.05) is 6.61 Å². The third kappa shape index (κ3) is 4.81. The van der Waals surface area contributed by atoms with Gasteiger partial charge in [0.1, 0.15) is 4.34 Å². The minimum absolute atomic E-state index is 0.179. The lowest BCUT2D eigenvalue weighted by molar-refractivity contribution is 0.0475. The Morgan fingerprint density at radius 3 is 2.65 bits per heavy atom. The number of carbonyl (C=O) groups is 2. The summed E-state index contributed by atoms with van der Waals surface area (Å²) in [5.74, 6) is -0.0317. The van der Waals surface area contributed by atoms with Crippen molar-refractivity contribution in [3.05, 3.63) is 68.4 Å². The molecule has 0 aliphatic carbocycles. The lowest BCUT2D eigenvalue weighted by atomic mass is 10.1. The molecule has 0 aliphatic rings. The zero-order valence-electron chi connectivity index (χ0n) is 14.4. The number of esters is 1. The fourth-order valence-electron chi connectivity index (χ4n) is 2.25. The van der Waals surface area contributed by atoms with Gasteiger partial charge in [0.05, 0.1) is 10.4 Å². The summed E-state index contributed by atoms with van der Waals surface area (Å²) in [6.45, 7) is 3.65. The normalized spacial score (nSPS) is 10.7. The molecule has 26 heavy (non-hydrogen) atoms. The highest BCUT2D eigenvalue weighted by Crippen LogP contribution is 2.27. The van der Waals surface area contributed by atoms with Crippen molar-refractivity contribution < 1.29 is 14.3 Å². The largest absolute Gasteiger partial charge is 0.454 e. The average Bonchev–Trinajstić information content (AvgIpc) is 3.26. The summed E-state index contributed by atoms with van der Waals surface area (Å²) in [6.07, 6.45) is 0. The Labute approximate surface area is 164 Å². The van der Waals surface area contributed by atoms with Crippen molar-refractivity contribution in [3.63, 3.8) is 0 Å². The number of rotatable bonds is 7. The van der Waals surface area contributed by atoms with Gasteiger partial charge in [0, 0.05) is 21.7 Å². The van der Waals surface area contributed by atoms with Gasteiger partial charge in [0.25, 0.3) is 0 Å². The highest BCUT2D eigenvalue weighted by molar-refractivity contribution is 8.00. The Balaban J connectivity index is 1.62. The van der Waals surface area contributed by atoms with Gasteiger partial charge in [-0.1, -0.05) is 30.0 Å². The van der Waals surface area contributed by atoms with Crippen molar-refractivity contribution in [2.24, 2.45) is 0 Å². The Morgan fingerprint density at radius 2 is 1.96 bits per heavy atom. The second-order valence-electron chi connectivity index (χ2n) is 5.61. The molecule has 4 nitrogen and oxygen atoms in total. The molecule has 0 radical (unpaired) electrons. The zero-order chi connectivity index (χ0) is 18.5. The van der Waals surface area contributed by atoms with Crippen LogP contribution in [0.1, 0.15) is 36.2 Å². The van der Waals surface area contributed by atoms with Crippen LogP contribution in [0.15, 0.2) is 46.1 Å². The highest BCUT2D eigenvalue weighted by atomic mass is 32.2. The van der Waals surface area contributed by atoms with E-state index in [1.54, 1.807) is 41.3 Å². The smallest absolute Gasteiger partial charge is 0.338 e. The summed E-state index contributed by atoms with van der Waals surface area (Å²) in [6, 6.07) is 10.9. The number of nitrogens with zero attached hydrogens (tertiary/aromatic N) is 1. The topological polar surface area (TPSA) is 56.3 Å². The Bertz CT molecular complexity index is 930. The molecule has 0 amide bonds. The first-order chi connectivity index (χ1) is 12.5. The lowest BCUT2D eigenvalue weighted by Gasteiger charge is -2.08. The molecule has 0 spiro atoms. The van der Waals surface area contributed by atoms with E-state index >= 15 is 0 Å². The van der Waals surface area contributed by atoms with Crippen molar-refractivity contribution in [2.45, 2.75) is 23.9 Å². The molecule has 3 rings (SSSR count). The molecule has 0 saturated heterocycles. The first kappa shape index (κ1) is 18.8. The van der Waals surface area contributed by atoms with Crippen LogP contribution in [0.5, 0.6) is 0 Å². The number of Topliss-reactive ketones (excluding diaryl/α,β-unsaturated/α-hetero) is 1. The molecule has 0 atom stereocenters. The SMILES string of the molecule is Cc1csc(SCc2ccccc2C(=O)OCC(=O)c2ccc(C)s2)n1. The number of aryl methyl sites for hydroxylation is 2. The number of carbonyl (C=O) groups excluding carboxylic acids is 2. The van der Waals surface area contributed by atoms with Crippen LogP contribution < -0.4 is 0 Å². The highest BCUT2D eigenvalue weighted by Gasteiger charge is 2.16. The maximum absolute atomic E-state index is 12.4. The third-order valence-electron chi connectivity index (χ3n) is 3.54. The standard InChI is InChI=1S/C19H17NO3S3/c1-12-10-24-19(20-12)25-11-14-5-3-4-6-15(14)18(22)23-9-16(21)17-8-7-13(2)26-17/h3-8,10H,9,11H2,1-2H3. The molecule has 0 fully saturated rings. The molecule has 0 saturated carbocycles. The predicted octanol–water partition coefficient (Wildman–Crippen LogP) is 5.15. The molecule has 2 aromatic heterocycles. The van der Waals surface area contributed by atoms with Gasteiger partial charge in [-0.3, -0.25) is 4.79 Å². The van der Waals surface area contributed by atoms with Crippen LogP contribution in [0.4, 0.5) is 0 Å². The zero-order valence-corrected chi connectivity index (χ0v) is 16.8. The van der Waals surface area contributed by atoms with E-state index in [9.17, 15) is 9.59 Å². The van der Waals surface area contributed by atoms with E-state index in [0.29, 0.717) is 16.2 Å². The first-order valence-electron chi connectivity index (χ1n) is 7.92. The molecule has 0 N–H and O–H groups in total. The van der Waals surface area contributed by atoms with E-state index in [4.69, 9.17) is 4.74 Å². The summed E-state index contributed by atoms with van der Waals surface area (Å²) in [5.41, 5.74) is 2.35.